The third kappa shape index (κ3) is 6.04. The van der Waals surface area contributed by atoms with Crippen LogP contribution in [0.3, 0.4) is 0 Å². The van der Waals surface area contributed by atoms with Crippen molar-refractivity contribution in [3.63, 3.8) is 0 Å². The number of furan rings is 3. The van der Waals surface area contributed by atoms with Gasteiger partial charge in [0.1, 0.15) is 33.5 Å². The van der Waals surface area contributed by atoms with Crippen molar-refractivity contribution in [3.8, 4) is 55.6 Å². The fraction of sp³-hybridized carbons (Fsp3) is 0.0137. The Bertz CT molecular complexity index is 4780. The fourth-order valence-electron chi connectivity index (χ4n) is 13.3. The maximum atomic E-state index is 6.58. The van der Waals surface area contributed by atoms with E-state index in [0.717, 1.165) is 111 Å². The van der Waals surface area contributed by atoms with Crippen LogP contribution in [0, 0.1) is 0 Å². The topological polar surface area (TPSA) is 42.7 Å². The largest absolute Gasteiger partial charge is 0.456 e. The number of benzene rings is 12. The summed E-state index contributed by atoms with van der Waals surface area (Å²) in [5.74, 6) is 0. The van der Waals surface area contributed by atoms with Crippen LogP contribution in [0.5, 0.6) is 0 Å². The molecule has 4 nitrogen and oxygen atoms in total. The van der Waals surface area contributed by atoms with Crippen LogP contribution >= 0.6 is 0 Å². The molecule has 0 saturated carbocycles. The van der Waals surface area contributed by atoms with Crippen LogP contribution in [-0.4, -0.2) is 0 Å². The number of rotatable bonds is 6. The molecule has 77 heavy (non-hydrogen) atoms. The van der Waals surface area contributed by atoms with Gasteiger partial charge in [0.15, 0.2) is 0 Å². The Balaban J connectivity index is 0.830. The smallest absolute Gasteiger partial charge is 0.136 e. The lowest BCUT2D eigenvalue weighted by Crippen LogP contribution is -2.26. The molecular formula is C73H43NO3. The second-order valence-corrected chi connectivity index (χ2v) is 20.7. The van der Waals surface area contributed by atoms with Gasteiger partial charge in [-0.3, -0.25) is 0 Å². The summed E-state index contributed by atoms with van der Waals surface area (Å²) in [6.07, 6.45) is 0. The van der Waals surface area contributed by atoms with Crippen molar-refractivity contribution >= 4 is 82.9 Å². The van der Waals surface area contributed by atoms with E-state index >= 15 is 0 Å². The highest BCUT2D eigenvalue weighted by Crippen LogP contribution is 2.65. The maximum Gasteiger partial charge on any atom is 0.136 e. The molecule has 1 unspecified atom stereocenters. The van der Waals surface area contributed by atoms with Gasteiger partial charge < -0.3 is 18.2 Å². The van der Waals surface area contributed by atoms with Gasteiger partial charge in [0.2, 0.25) is 0 Å². The summed E-state index contributed by atoms with van der Waals surface area (Å²) >= 11 is 0. The predicted molar refractivity (Wildman–Crippen MR) is 316 cm³/mol. The molecule has 1 spiro atoms. The van der Waals surface area contributed by atoms with Gasteiger partial charge in [0.25, 0.3) is 0 Å². The second kappa shape index (κ2) is 15.9. The van der Waals surface area contributed by atoms with Crippen molar-refractivity contribution in [2.75, 3.05) is 4.90 Å². The third-order valence-electron chi connectivity index (χ3n) is 16.7. The van der Waals surface area contributed by atoms with E-state index in [2.05, 4.69) is 241 Å². The van der Waals surface area contributed by atoms with Crippen molar-refractivity contribution in [1.82, 2.24) is 0 Å². The lowest BCUT2D eigenvalue weighted by Gasteiger charge is -2.32. The number of hydrogen-bond acceptors (Lipinski definition) is 4. The zero-order valence-corrected chi connectivity index (χ0v) is 41.5. The Kier molecular flexibility index (Phi) is 8.73. The third-order valence-corrected chi connectivity index (χ3v) is 16.7. The van der Waals surface area contributed by atoms with Crippen LogP contribution in [0.15, 0.2) is 274 Å². The normalized spacial score (nSPS) is 14.3. The Morgan fingerprint density at radius 1 is 0.234 bits per heavy atom. The van der Waals surface area contributed by atoms with E-state index in [9.17, 15) is 0 Å². The second-order valence-electron chi connectivity index (χ2n) is 20.7. The molecule has 3 aromatic heterocycles. The SMILES string of the molecule is c1cc(-c2cccc3c2C2(c4ccccc4-c4cc5oc6ccccc6c5cc42)c2ccccc2-3)cc(N(c2ccc(-c3ccc4c(c3)oc3ccccc34)cc2)c2ccc(-c3ccc4c(c3)oc3ccccc34)cc2)c1. The Morgan fingerprint density at radius 2 is 0.675 bits per heavy atom. The summed E-state index contributed by atoms with van der Waals surface area (Å²) in [6, 6.07) is 94.8. The summed E-state index contributed by atoms with van der Waals surface area (Å²) in [6.45, 7) is 0. The molecule has 2 aliphatic carbocycles. The number of fused-ring (bicyclic) bond motifs is 19. The highest BCUT2D eigenvalue weighted by atomic mass is 16.3. The molecular weight excluding hydrogens is 939 g/mol. The number of hydrogen-bond donors (Lipinski definition) is 0. The van der Waals surface area contributed by atoms with Gasteiger partial charge in [-0.1, -0.05) is 170 Å². The number of anilines is 3. The minimum Gasteiger partial charge on any atom is -0.456 e. The summed E-state index contributed by atoms with van der Waals surface area (Å²) in [7, 11) is 0. The summed E-state index contributed by atoms with van der Waals surface area (Å²) < 4.78 is 19.3. The fourth-order valence-corrected chi connectivity index (χ4v) is 13.3. The monoisotopic (exact) mass is 981 g/mol. The molecule has 0 amide bonds. The molecule has 0 bridgehead atoms. The van der Waals surface area contributed by atoms with Crippen molar-refractivity contribution in [2.45, 2.75) is 5.41 Å². The molecule has 4 heteroatoms. The zero-order chi connectivity index (χ0) is 50.3. The molecule has 12 aromatic carbocycles. The number of para-hydroxylation sites is 3. The molecule has 0 radical (unpaired) electrons. The molecule has 3 heterocycles. The van der Waals surface area contributed by atoms with Crippen LogP contribution in [0.1, 0.15) is 22.3 Å². The molecule has 0 aliphatic heterocycles. The Labute approximate surface area is 442 Å². The molecule has 1 atom stereocenters. The van der Waals surface area contributed by atoms with Crippen molar-refractivity contribution in [1.29, 1.82) is 0 Å². The zero-order valence-electron chi connectivity index (χ0n) is 41.5. The lowest BCUT2D eigenvalue weighted by molar-refractivity contribution is 0.668. The molecule has 2 aliphatic rings. The van der Waals surface area contributed by atoms with Crippen LogP contribution in [0.2, 0.25) is 0 Å². The minimum atomic E-state index is -0.584. The summed E-state index contributed by atoms with van der Waals surface area (Å²) in [5, 5.41) is 6.77. The highest BCUT2D eigenvalue weighted by molar-refractivity contribution is 6.10. The van der Waals surface area contributed by atoms with Crippen LogP contribution in [-0.2, 0) is 5.41 Å². The van der Waals surface area contributed by atoms with Gasteiger partial charge in [0, 0.05) is 49.4 Å². The first-order valence-electron chi connectivity index (χ1n) is 26.4. The maximum absolute atomic E-state index is 6.58. The van der Waals surface area contributed by atoms with E-state index in [4.69, 9.17) is 13.3 Å². The van der Waals surface area contributed by atoms with Gasteiger partial charge in [-0.2, -0.15) is 0 Å². The van der Waals surface area contributed by atoms with Gasteiger partial charge in [0.05, 0.1) is 5.41 Å². The van der Waals surface area contributed by atoms with Crippen LogP contribution in [0.25, 0.3) is 121 Å². The van der Waals surface area contributed by atoms with Gasteiger partial charge in [-0.25, -0.2) is 0 Å². The standard InChI is InChI=1S/C73H43NO3/c1-6-22-63-53(15-1)60-21-12-20-52(72(60)73(63)64-23-7-2-16-54(64)61-43-71-62(42-65(61)73)57-19-5-10-26-68(57)77-71)48-13-11-14-51(39-48)74(49-33-27-44(28-34-49)46-31-37-58-55-17-3-8-24-66(55)75-69(58)40-46)50-35-29-45(30-36-50)47-32-38-59-56-18-4-9-25-67(56)76-70(59)41-47/h1-43H. The van der Waals surface area contributed by atoms with E-state index in [0.29, 0.717) is 0 Å². The molecule has 0 N–H and O–H groups in total. The van der Waals surface area contributed by atoms with E-state index < -0.39 is 5.41 Å². The highest BCUT2D eigenvalue weighted by Gasteiger charge is 2.53. The van der Waals surface area contributed by atoms with E-state index in [1.54, 1.807) is 0 Å². The molecule has 0 saturated heterocycles. The first-order valence-corrected chi connectivity index (χ1v) is 26.4. The van der Waals surface area contributed by atoms with Crippen LogP contribution < -0.4 is 4.90 Å². The van der Waals surface area contributed by atoms with Crippen molar-refractivity contribution in [2.24, 2.45) is 0 Å². The number of nitrogens with zero attached hydrogens (tertiary/aromatic N) is 1. The summed E-state index contributed by atoms with van der Waals surface area (Å²) in [5.41, 5.74) is 24.9. The van der Waals surface area contributed by atoms with Gasteiger partial charge in [-0.15, -0.1) is 0 Å². The predicted octanol–water partition coefficient (Wildman–Crippen LogP) is 20.2. The molecule has 358 valence electrons. The average molecular weight is 982 g/mol. The first-order chi connectivity index (χ1) is 38.1. The molecule has 17 rings (SSSR count). The minimum absolute atomic E-state index is 0.584. The average Bonchev–Trinajstić information content (AvgIpc) is 4.36. The Morgan fingerprint density at radius 3 is 1.26 bits per heavy atom. The van der Waals surface area contributed by atoms with E-state index in [-0.39, 0.29) is 0 Å². The van der Waals surface area contributed by atoms with Gasteiger partial charge >= 0.3 is 0 Å². The van der Waals surface area contributed by atoms with E-state index in [1.807, 2.05) is 24.3 Å². The molecule has 0 fully saturated rings. The first kappa shape index (κ1) is 42.2. The lowest BCUT2D eigenvalue weighted by atomic mass is 9.68. The van der Waals surface area contributed by atoms with Crippen molar-refractivity contribution < 1.29 is 13.3 Å². The van der Waals surface area contributed by atoms with Crippen LogP contribution in [0.4, 0.5) is 17.1 Å². The van der Waals surface area contributed by atoms with Crippen molar-refractivity contribution in [3.05, 3.63) is 283 Å². The van der Waals surface area contributed by atoms with Gasteiger partial charge in [-0.05, 0) is 169 Å². The summed E-state index contributed by atoms with van der Waals surface area (Å²) in [4.78, 5) is 2.39. The quantitative estimate of drug-likeness (QED) is 0.166. The Hall–Kier alpha value is -10.2. The van der Waals surface area contributed by atoms with E-state index in [1.165, 1.54) is 50.1 Å². The molecule has 15 aromatic rings.